The van der Waals surface area contributed by atoms with Crippen LogP contribution in [-0.2, 0) is 0 Å². The molecule has 1 saturated heterocycles. The average molecular weight is 440 g/mol. The molecule has 32 heavy (non-hydrogen) atoms. The molecule has 2 aliphatic rings. The van der Waals surface area contributed by atoms with E-state index in [-0.39, 0.29) is 23.8 Å². The van der Waals surface area contributed by atoms with Crippen LogP contribution in [-0.4, -0.2) is 54.4 Å². The summed E-state index contributed by atoms with van der Waals surface area (Å²) in [5.41, 5.74) is 0.297. The number of likely N-dealkylation sites (tertiary alicyclic amines) is 1. The number of rotatable bonds is 4. The number of nitro groups is 1. The largest absolute Gasteiger partial charge is 0.493 e. The summed E-state index contributed by atoms with van der Waals surface area (Å²) in [4.78, 5) is 38.3. The van der Waals surface area contributed by atoms with Crippen molar-refractivity contribution in [3.8, 4) is 17.2 Å². The quantitative estimate of drug-likeness (QED) is 0.528. The molecule has 9 nitrogen and oxygen atoms in total. The molecule has 1 fully saturated rings. The minimum Gasteiger partial charge on any atom is -0.493 e. The van der Waals surface area contributed by atoms with Crippen molar-refractivity contribution in [2.45, 2.75) is 31.8 Å². The Bertz CT molecular complexity index is 1100. The number of nitro benzene ring substituents is 1. The Morgan fingerprint density at radius 1 is 1.16 bits per heavy atom. The van der Waals surface area contributed by atoms with Crippen LogP contribution in [0.5, 0.6) is 17.2 Å². The summed E-state index contributed by atoms with van der Waals surface area (Å²) in [6, 6.07) is 7.86. The summed E-state index contributed by atoms with van der Waals surface area (Å²) >= 11 is 0. The van der Waals surface area contributed by atoms with Crippen molar-refractivity contribution in [2.75, 3.05) is 27.3 Å². The molecule has 1 spiro atoms. The lowest BCUT2D eigenvalue weighted by atomic mass is 9.82. The van der Waals surface area contributed by atoms with Gasteiger partial charge in [0.1, 0.15) is 5.60 Å². The first kappa shape index (κ1) is 21.6. The molecule has 168 valence electrons. The minimum absolute atomic E-state index is 0.0403. The van der Waals surface area contributed by atoms with Gasteiger partial charge in [-0.25, -0.2) is 0 Å². The van der Waals surface area contributed by atoms with Crippen LogP contribution in [0, 0.1) is 17.0 Å². The van der Waals surface area contributed by atoms with Gasteiger partial charge in [0, 0.05) is 43.1 Å². The van der Waals surface area contributed by atoms with Gasteiger partial charge in [-0.1, -0.05) is 6.07 Å². The summed E-state index contributed by atoms with van der Waals surface area (Å²) in [5.74, 6) is 0.926. The third-order valence-electron chi connectivity index (χ3n) is 6.30. The summed E-state index contributed by atoms with van der Waals surface area (Å²) in [6.45, 7) is 2.32. The Morgan fingerprint density at radius 2 is 1.88 bits per heavy atom. The van der Waals surface area contributed by atoms with E-state index >= 15 is 0 Å². The van der Waals surface area contributed by atoms with E-state index in [4.69, 9.17) is 14.2 Å². The highest BCUT2D eigenvalue weighted by atomic mass is 16.6. The molecule has 2 aliphatic heterocycles. The number of carbonyl (C=O) groups is 2. The number of hydrogen-bond donors (Lipinski definition) is 0. The number of fused-ring (bicyclic) bond motifs is 1. The Labute approximate surface area is 185 Å². The van der Waals surface area contributed by atoms with E-state index in [2.05, 4.69) is 0 Å². The van der Waals surface area contributed by atoms with Crippen LogP contribution in [0.25, 0.3) is 0 Å². The van der Waals surface area contributed by atoms with Crippen molar-refractivity contribution in [3.63, 3.8) is 0 Å². The Balaban J connectivity index is 1.56. The Kier molecular flexibility index (Phi) is 5.50. The van der Waals surface area contributed by atoms with Crippen LogP contribution in [0.2, 0.25) is 0 Å². The van der Waals surface area contributed by atoms with E-state index in [1.54, 1.807) is 30.0 Å². The van der Waals surface area contributed by atoms with Gasteiger partial charge in [-0.3, -0.25) is 19.7 Å². The summed E-state index contributed by atoms with van der Waals surface area (Å²) in [5, 5.41) is 11.2. The van der Waals surface area contributed by atoms with Gasteiger partial charge >= 0.3 is 0 Å². The van der Waals surface area contributed by atoms with Crippen molar-refractivity contribution in [3.05, 3.63) is 57.1 Å². The third-order valence-corrected chi connectivity index (χ3v) is 6.30. The molecule has 0 N–H and O–H groups in total. The van der Waals surface area contributed by atoms with Crippen molar-refractivity contribution in [1.82, 2.24) is 4.90 Å². The molecule has 2 aromatic rings. The monoisotopic (exact) mass is 440 g/mol. The van der Waals surface area contributed by atoms with Gasteiger partial charge < -0.3 is 19.1 Å². The number of carbonyl (C=O) groups excluding carboxylic acids is 2. The number of ketones is 1. The maximum atomic E-state index is 13.1. The molecule has 2 heterocycles. The number of ether oxygens (including phenoxy) is 3. The SMILES string of the molecule is COc1ccc2c(c1OC)OC1(CCN(C(=O)c3cccc([N+](=O)[O-])c3C)CC1)CC2=O. The van der Waals surface area contributed by atoms with Gasteiger partial charge in [0.2, 0.25) is 5.75 Å². The lowest BCUT2D eigenvalue weighted by molar-refractivity contribution is -0.385. The fourth-order valence-electron chi connectivity index (χ4n) is 4.48. The molecular weight excluding hydrogens is 416 g/mol. The summed E-state index contributed by atoms with van der Waals surface area (Å²) in [6.07, 6.45) is 1.13. The molecular formula is C23H24N2O7. The number of methoxy groups -OCH3 is 2. The Hall–Kier alpha value is -3.62. The fraction of sp³-hybridized carbons (Fsp3) is 0.391. The topological polar surface area (TPSA) is 108 Å². The van der Waals surface area contributed by atoms with E-state index in [1.807, 2.05) is 0 Å². The maximum absolute atomic E-state index is 13.1. The van der Waals surface area contributed by atoms with Gasteiger partial charge in [-0.15, -0.1) is 0 Å². The average Bonchev–Trinajstić information content (AvgIpc) is 2.78. The highest BCUT2D eigenvalue weighted by Crippen LogP contribution is 2.47. The predicted octanol–water partition coefficient (Wildman–Crippen LogP) is 3.56. The maximum Gasteiger partial charge on any atom is 0.273 e. The molecule has 2 aromatic carbocycles. The number of hydrogen-bond acceptors (Lipinski definition) is 7. The standard InChI is InChI=1S/C23H24N2O7/c1-14-15(5-4-6-17(14)25(28)29)22(27)24-11-9-23(10-12-24)13-18(26)16-7-8-19(30-2)21(31-3)20(16)32-23/h4-8H,9-13H2,1-3H3. The van der Waals surface area contributed by atoms with Gasteiger partial charge in [-0.2, -0.15) is 0 Å². The highest BCUT2D eigenvalue weighted by molar-refractivity contribution is 6.02. The first-order chi connectivity index (χ1) is 15.3. The van der Waals surface area contributed by atoms with Crippen LogP contribution in [0.3, 0.4) is 0 Å². The molecule has 1 amide bonds. The van der Waals surface area contributed by atoms with Gasteiger partial charge in [0.25, 0.3) is 11.6 Å². The van der Waals surface area contributed by atoms with Gasteiger partial charge in [0.15, 0.2) is 17.3 Å². The Morgan fingerprint density at radius 3 is 2.50 bits per heavy atom. The van der Waals surface area contributed by atoms with Gasteiger partial charge in [-0.05, 0) is 25.1 Å². The molecule has 0 saturated carbocycles. The van der Waals surface area contributed by atoms with E-state index in [9.17, 15) is 19.7 Å². The van der Waals surface area contributed by atoms with Crippen LogP contribution in [0.15, 0.2) is 30.3 Å². The zero-order chi connectivity index (χ0) is 23.0. The lowest BCUT2D eigenvalue weighted by Crippen LogP contribution is -2.52. The zero-order valence-corrected chi connectivity index (χ0v) is 18.2. The van der Waals surface area contributed by atoms with Crippen LogP contribution < -0.4 is 14.2 Å². The minimum atomic E-state index is -0.738. The molecule has 9 heteroatoms. The first-order valence-corrected chi connectivity index (χ1v) is 10.3. The fourth-order valence-corrected chi connectivity index (χ4v) is 4.48. The summed E-state index contributed by atoms with van der Waals surface area (Å²) in [7, 11) is 3.01. The van der Waals surface area contributed by atoms with Gasteiger partial charge in [0.05, 0.1) is 31.1 Å². The smallest absolute Gasteiger partial charge is 0.273 e. The number of nitrogens with zero attached hydrogens (tertiary/aromatic N) is 2. The third kappa shape index (κ3) is 3.53. The van der Waals surface area contributed by atoms with Crippen molar-refractivity contribution >= 4 is 17.4 Å². The molecule has 0 aromatic heterocycles. The van der Waals surface area contributed by atoms with E-state index < -0.39 is 10.5 Å². The van der Waals surface area contributed by atoms with Crippen molar-refractivity contribution < 1.29 is 28.7 Å². The van der Waals surface area contributed by atoms with Crippen LogP contribution in [0.1, 0.15) is 45.5 Å². The van der Waals surface area contributed by atoms with E-state index in [0.717, 1.165) is 0 Å². The molecule has 0 radical (unpaired) electrons. The van der Waals surface area contributed by atoms with Crippen molar-refractivity contribution in [1.29, 1.82) is 0 Å². The molecule has 0 aliphatic carbocycles. The predicted molar refractivity (Wildman–Crippen MR) is 115 cm³/mol. The highest BCUT2D eigenvalue weighted by Gasteiger charge is 2.45. The lowest BCUT2D eigenvalue weighted by Gasteiger charge is -2.44. The number of benzene rings is 2. The molecule has 0 bridgehead atoms. The zero-order valence-electron chi connectivity index (χ0n) is 18.2. The molecule has 0 atom stereocenters. The molecule has 0 unspecified atom stereocenters. The second-order valence-corrected chi connectivity index (χ2v) is 8.06. The molecule has 4 rings (SSSR count). The van der Waals surface area contributed by atoms with E-state index in [1.165, 1.54) is 26.4 Å². The normalized spacial score (nSPS) is 16.8. The van der Waals surface area contributed by atoms with Crippen LogP contribution in [0.4, 0.5) is 5.69 Å². The summed E-state index contributed by atoms with van der Waals surface area (Å²) < 4.78 is 17.1. The number of amides is 1. The van der Waals surface area contributed by atoms with Crippen LogP contribution >= 0.6 is 0 Å². The second kappa shape index (κ2) is 8.14. The second-order valence-electron chi connectivity index (χ2n) is 8.06. The first-order valence-electron chi connectivity index (χ1n) is 10.3. The van der Waals surface area contributed by atoms with Crippen molar-refractivity contribution in [2.24, 2.45) is 0 Å². The van der Waals surface area contributed by atoms with E-state index in [0.29, 0.717) is 59.9 Å². The number of Topliss-reactive ketones (excluding diaryl/α,β-unsaturated/α-hetero) is 1. The number of piperidine rings is 1.